The highest BCUT2D eigenvalue weighted by molar-refractivity contribution is 5.99. The van der Waals surface area contributed by atoms with Crippen molar-refractivity contribution >= 4 is 28.6 Å². The molecule has 1 atom stereocenters. The summed E-state index contributed by atoms with van der Waals surface area (Å²) in [6.07, 6.45) is 0. The Morgan fingerprint density at radius 2 is 1.92 bits per heavy atom. The molecule has 0 saturated carbocycles. The molecule has 2 aromatic rings. The number of primary amides is 1. The van der Waals surface area contributed by atoms with Gasteiger partial charge in [-0.15, -0.1) is 0 Å². The first kappa shape index (κ1) is 16.9. The van der Waals surface area contributed by atoms with E-state index in [1.807, 2.05) is 0 Å². The van der Waals surface area contributed by atoms with Gasteiger partial charge >= 0.3 is 0 Å². The van der Waals surface area contributed by atoms with E-state index in [2.05, 4.69) is 0 Å². The van der Waals surface area contributed by atoms with Crippen molar-refractivity contribution in [2.24, 2.45) is 12.8 Å². The van der Waals surface area contributed by atoms with Gasteiger partial charge in [0.1, 0.15) is 17.6 Å². The van der Waals surface area contributed by atoms with Gasteiger partial charge in [-0.3, -0.25) is 14.4 Å². The Hall–Kier alpha value is -2.90. The molecule has 1 fully saturated rings. The van der Waals surface area contributed by atoms with Crippen LogP contribution in [0.1, 0.15) is 17.4 Å². The van der Waals surface area contributed by atoms with E-state index in [1.54, 1.807) is 23.7 Å². The molecular weight excluding hydrogens is 327 g/mol. The van der Waals surface area contributed by atoms with Crippen LogP contribution in [-0.4, -0.2) is 57.8 Å². The van der Waals surface area contributed by atoms with Gasteiger partial charge < -0.3 is 20.1 Å². The summed E-state index contributed by atoms with van der Waals surface area (Å²) in [7, 11) is 1.73. The van der Waals surface area contributed by atoms with E-state index >= 15 is 0 Å². The molecule has 0 aliphatic carbocycles. The fourth-order valence-corrected chi connectivity index (χ4v) is 3.28. The second-order valence-electron chi connectivity index (χ2n) is 6.17. The van der Waals surface area contributed by atoms with Gasteiger partial charge in [0, 0.05) is 38.0 Å². The molecule has 1 unspecified atom stereocenters. The second kappa shape index (κ2) is 6.19. The highest BCUT2D eigenvalue weighted by atomic mass is 19.1. The van der Waals surface area contributed by atoms with E-state index in [9.17, 15) is 18.8 Å². The molecule has 1 aliphatic rings. The highest BCUT2D eigenvalue weighted by Crippen LogP contribution is 2.22. The standard InChI is InChI=1S/C17H19FN4O3/c1-10(23)22-6-5-21(9-15(22)16(19)24)17(25)14-8-11-7-12(18)3-4-13(11)20(14)2/h3-4,7-8,15H,5-6,9H2,1-2H3,(H2,19,24). The fraction of sp³-hybridized carbons (Fsp3) is 0.353. The van der Waals surface area contributed by atoms with Gasteiger partial charge in [0.25, 0.3) is 5.91 Å². The summed E-state index contributed by atoms with van der Waals surface area (Å²) < 4.78 is 15.1. The zero-order valence-electron chi connectivity index (χ0n) is 14.0. The maximum Gasteiger partial charge on any atom is 0.270 e. The van der Waals surface area contributed by atoms with E-state index in [0.717, 1.165) is 5.52 Å². The first-order chi connectivity index (χ1) is 11.8. The molecule has 7 nitrogen and oxygen atoms in total. The number of amides is 3. The molecule has 2 heterocycles. The third-order valence-corrected chi connectivity index (χ3v) is 4.62. The molecule has 2 N–H and O–H groups in total. The minimum Gasteiger partial charge on any atom is -0.368 e. The fourth-order valence-electron chi connectivity index (χ4n) is 3.28. The van der Waals surface area contributed by atoms with Crippen LogP contribution in [0.25, 0.3) is 10.9 Å². The molecule has 3 amide bonds. The van der Waals surface area contributed by atoms with Crippen molar-refractivity contribution < 1.29 is 18.8 Å². The van der Waals surface area contributed by atoms with Gasteiger partial charge in [-0.05, 0) is 24.3 Å². The monoisotopic (exact) mass is 346 g/mol. The highest BCUT2D eigenvalue weighted by Gasteiger charge is 2.35. The lowest BCUT2D eigenvalue weighted by Crippen LogP contribution is -2.60. The van der Waals surface area contributed by atoms with E-state index in [0.29, 0.717) is 17.6 Å². The number of carbonyl (C=O) groups excluding carboxylic acids is 3. The molecule has 8 heteroatoms. The Balaban J connectivity index is 1.90. The zero-order valence-corrected chi connectivity index (χ0v) is 14.0. The minimum atomic E-state index is -0.845. The number of rotatable bonds is 2. The topological polar surface area (TPSA) is 88.6 Å². The molecule has 0 radical (unpaired) electrons. The van der Waals surface area contributed by atoms with Crippen LogP contribution < -0.4 is 5.73 Å². The van der Waals surface area contributed by atoms with Crippen molar-refractivity contribution in [1.29, 1.82) is 0 Å². The summed E-state index contributed by atoms with van der Waals surface area (Å²) in [6.45, 7) is 1.96. The van der Waals surface area contributed by atoms with Gasteiger partial charge in [0.2, 0.25) is 11.8 Å². The van der Waals surface area contributed by atoms with Gasteiger partial charge in [0.05, 0.1) is 6.54 Å². The Morgan fingerprint density at radius 1 is 1.20 bits per heavy atom. The van der Waals surface area contributed by atoms with Gasteiger partial charge in [-0.25, -0.2) is 4.39 Å². The summed E-state index contributed by atoms with van der Waals surface area (Å²) in [6, 6.07) is 5.10. The molecular formula is C17H19FN4O3. The predicted octanol–water partition coefficient (Wildman–Crippen LogP) is 0.476. The van der Waals surface area contributed by atoms with Crippen molar-refractivity contribution in [3.63, 3.8) is 0 Å². The van der Waals surface area contributed by atoms with E-state index in [4.69, 9.17) is 5.73 Å². The van der Waals surface area contributed by atoms with Crippen LogP contribution in [0.5, 0.6) is 0 Å². The first-order valence-corrected chi connectivity index (χ1v) is 7.90. The number of hydrogen-bond acceptors (Lipinski definition) is 3. The van der Waals surface area contributed by atoms with Crippen LogP contribution in [0, 0.1) is 5.82 Å². The van der Waals surface area contributed by atoms with Gasteiger partial charge in [-0.2, -0.15) is 0 Å². The van der Waals surface area contributed by atoms with Crippen LogP contribution in [-0.2, 0) is 16.6 Å². The van der Waals surface area contributed by atoms with Crippen molar-refractivity contribution in [3.8, 4) is 0 Å². The van der Waals surface area contributed by atoms with E-state index in [1.165, 1.54) is 28.9 Å². The number of carbonyl (C=O) groups is 3. The molecule has 1 aromatic heterocycles. The average Bonchev–Trinajstić information content (AvgIpc) is 2.89. The zero-order chi connectivity index (χ0) is 18.3. The molecule has 25 heavy (non-hydrogen) atoms. The molecule has 1 saturated heterocycles. The second-order valence-corrected chi connectivity index (χ2v) is 6.17. The van der Waals surface area contributed by atoms with Crippen LogP contribution in [0.2, 0.25) is 0 Å². The predicted molar refractivity (Wildman–Crippen MR) is 89.1 cm³/mol. The third kappa shape index (κ3) is 2.95. The van der Waals surface area contributed by atoms with Gasteiger partial charge in [0.15, 0.2) is 0 Å². The minimum absolute atomic E-state index is 0.0453. The molecule has 0 spiro atoms. The lowest BCUT2D eigenvalue weighted by atomic mass is 10.1. The Kier molecular flexibility index (Phi) is 4.20. The summed E-state index contributed by atoms with van der Waals surface area (Å²) in [5, 5.41) is 0.625. The first-order valence-electron chi connectivity index (χ1n) is 7.90. The summed E-state index contributed by atoms with van der Waals surface area (Å²) >= 11 is 0. The number of fused-ring (bicyclic) bond motifs is 1. The average molecular weight is 346 g/mol. The number of benzene rings is 1. The summed E-state index contributed by atoms with van der Waals surface area (Å²) in [5.74, 6) is -1.56. The molecule has 3 rings (SSSR count). The number of nitrogens with two attached hydrogens (primary N) is 1. The van der Waals surface area contributed by atoms with Crippen molar-refractivity contribution in [2.75, 3.05) is 19.6 Å². The molecule has 1 aliphatic heterocycles. The quantitative estimate of drug-likeness (QED) is 0.858. The number of aryl methyl sites for hydroxylation is 1. The Labute approximate surface area is 143 Å². The number of hydrogen-bond donors (Lipinski definition) is 1. The van der Waals surface area contributed by atoms with E-state index in [-0.39, 0.29) is 30.7 Å². The van der Waals surface area contributed by atoms with Crippen molar-refractivity contribution in [3.05, 3.63) is 35.8 Å². The van der Waals surface area contributed by atoms with Crippen LogP contribution in [0.4, 0.5) is 4.39 Å². The van der Waals surface area contributed by atoms with Crippen molar-refractivity contribution in [1.82, 2.24) is 14.4 Å². The SMILES string of the molecule is CC(=O)N1CCN(C(=O)c2cc3cc(F)ccc3n2C)CC1C(N)=O. The summed E-state index contributed by atoms with van der Waals surface area (Å²) in [5.41, 5.74) is 6.51. The Bertz CT molecular complexity index is 876. The molecule has 1 aromatic carbocycles. The van der Waals surface area contributed by atoms with Crippen LogP contribution in [0.15, 0.2) is 24.3 Å². The maximum absolute atomic E-state index is 13.4. The number of halogens is 1. The maximum atomic E-state index is 13.4. The number of piperazine rings is 1. The Morgan fingerprint density at radius 3 is 2.56 bits per heavy atom. The third-order valence-electron chi connectivity index (χ3n) is 4.62. The smallest absolute Gasteiger partial charge is 0.270 e. The normalized spacial score (nSPS) is 17.8. The number of aromatic nitrogens is 1. The van der Waals surface area contributed by atoms with Crippen LogP contribution in [0.3, 0.4) is 0 Å². The molecule has 132 valence electrons. The van der Waals surface area contributed by atoms with Crippen LogP contribution >= 0.6 is 0 Å². The molecule has 0 bridgehead atoms. The number of nitrogens with zero attached hydrogens (tertiary/aromatic N) is 3. The van der Waals surface area contributed by atoms with Gasteiger partial charge in [-0.1, -0.05) is 0 Å². The lowest BCUT2D eigenvalue weighted by molar-refractivity contribution is -0.140. The van der Waals surface area contributed by atoms with E-state index < -0.39 is 11.9 Å². The largest absolute Gasteiger partial charge is 0.368 e. The van der Waals surface area contributed by atoms with Crippen molar-refractivity contribution in [2.45, 2.75) is 13.0 Å². The summed E-state index contributed by atoms with van der Waals surface area (Å²) in [4.78, 5) is 39.1. The lowest BCUT2D eigenvalue weighted by Gasteiger charge is -2.39.